The number of rotatable bonds is 4. The lowest BCUT2D eigenvalue weighted by molar-refractivity contribution is -0.0109. The molecular weight excluding hydrogens is 354 g/mol. The van der Waals surface area contributed by atoms with Crippen molar-refractivity contribution in [1.29, 1.82) is 0 Å². The van der Waals surface area contributed by atoms with Crippen molar-refractivity contribution in [2.75, 3.05) is 0 Å². The van der Waals surface area contributed by atoms with Crippen LogP contribution in [0.3, 0.4) is 0 Å². The van der Waals surface area contributed by atoms with Crippen molar-refractivity contribution in [3.05, 3.63) is 71.5 Å². The summed E-state index contributed by atoms with van der Waals surface area (Å²) in [5.74, 6) is 5.01. The van der Waals surface area contributed by atoms with Gasteiger partial charge in [0.05, 0.1) is 6.54 Å². The van der Waals surface area contributed by atoms with Crippen molar-refractivity contribution in [2.24, 2.45) is 17.8 Å². The lowest BCUT2D eigenvalue weighted by Gasteiger charge is -2.56. The highest BCUT2D eigenvalue weighted by Crippen LogP contribution is 2.60. The van der Waals surface area contributed by atoms with Crippen LogP contribution in [-0.2, 0) is 12.0 Å². The van der Waals surface area contributed by atoms with Crippen LogP contribution < -0.4 is 0 Å². The van der Waals surface area contributed by atoms with Gasteiger partial charge in [-0.05, 0) is 68.8 Å². The highest BCUT2D eigenvalue weighted by molar-refractivity contribution is 5.56. The fraction of sp³-hybridized carbons (Fsp3) is 0.462. The Kier molecular flexibility index (Phi) is 3.94. The first kappa shape index (κ1) is 17.4. The topological polar surface area (TPSA) is 30.7 Å². The van der Waals surface area contributed by atoms with Crippen LogP contribution in [0.5, 0.6) is 0 Å². The Balaban J connectivity index is 1.47. The van der Waals surface area contributed by atoms with E-state index in [-0.39, 0.29) is 5.41 Å². The average Bonchev–Trinajstić information content (AvgIpc) is 3.13. The molecule has 4 saturated carbocycles. The predicted octanol–water partition coefficient (Wildman–Crippen LogP) is 5.77. The Labute approximate surface area is 173 Å². The minimum Gasteiger partial charge on any atom is -0.306 e. The van der Waals surface area contributed by atoms with Crippen LogP contribution in [0.2, 0.25) is 0 Å². The third-order valence-electron chi connectivity index (χ3n) is 7.76. The molecule has 3 nitrogen and oxygen atoms in total. The number of aromatic nitrogens is 3. The van der Waals surface area contributed by atoms with E-state index in [1.165, 1.54) is 61.0 Å². The van der Waals surface area contributed by atoms with Gasteiger partial charge in [-0.3, -0.25) is 0 Å². The summed E-state index contributed by atoms with van der Waals surface area (Å²) in [6.07, 6.45) is 8.32. The third-order valence-corrected chi connectivity index (χ3v) is 7.76. The van der Waals surface area contributed by atoms with Gasteiger partial charge in [-0.1, -0.05) is 60.2 Å². The molecule has 3 aromatic rings. The summed E-state index contributed by atoms with van der Waals surface area (Å²) >= 11 is 0. The van der Waals surface area contributed by atoms with E-state index in [0.29, 0.717) is 0 Å². The molecule has 148 valence electrons. The zero-order valence-electron chi connectivity index (χ0n) is 17.2. The summed E-state index contributed by atoms with van der Waals surface area (Å²) < 4.78 is 2.45. The van der Waals surface area contributed by atoms with E-state index in [2.05, 4.69) is 66.1 Å². The van der Waals surface area contributed by atoms with E-state index in [1.54, 1.807) is 0 Å². The molecule has 0 unspecified atom stereocenters. The number of nitrogens with zero attached hydrogens (tertiary/aromatic N) is 3. The number of hydrogen-bond acceptors (Lipinski definition) is 2. The molecule has 4 aliphatic carbocycles. The molecule has 0 radical (unpaired) electrons. The van der Waals surface area contributed by atoms with E-state index >= 15 is 0 Å². The lowest BCUT2D eigenvalue weighted by Crippen LogP contribution is -2.49. The fourth-order valence-corrected chi connectivity index (χ4v) is 6.91. The van der Waals surface area contributed by atoms with Crippen molar-refractivity contribution < 1.29 is 0 Å². The second-order valence-electron chi connectivity index (χ2n) is 9.98. The maximum absolute atomic E-state index is 4.91. The first-order valence-corrected chi connectivity index (χ1v) is 11.2. The molecule has 0 atom stereocenters. The van der Waals surface area contributed by atoms with Gasteiger partial charge < -0.3 is 4.57 Å². The molecule has 0 amide bonds. The molecule has 0 spiro atoms. The van der Waals surface area contributed by atoms with Crippen molar-refractivity contribution in [2.45, 2.75) is 57.4 Å². The molecule has 4 bridgehead atoms. The number of aryl methyl sites for hydroxylation is 1. The second-order valence-corrected chi connectivity index (χ2v) is 9.98. The Morgan fingerprint density at radius 1 is 0.828 bits per heavy atom. The minimum absolute atomic E-state index is 0.249. The Hall–Kier alpha value is -2.42. The molecule has 29 heavy (non-hydrogen) atoms. The average molecular weight is 384 g/mol. The lowest BCUT2D eigenvalue weighted by atomic mass is 9.49. The molecule has 4 aliphatic rings. The minimum atomic E-state index is 0.249. The summed E-state index contributed by atoms with van der Waals surface area (Å²) in [5, 5.41) is 9.70. The van der Waals surface area contributed by atoms with E-state index in [9.17, 15) is 0 Å². The largest absolute Gasteiger partial charge is 0.306 e. The predicted molar refractivity (Wildman–Crippen MR) is 116 cm³/mol. The smallest absolute Gasteiger partial charge is 0.164 e. The molecule has 1 aromatic heterocycles. The second kappa shape index (κ2) is 6.55. The van der Waals surface area contributed by atoms with Crippen LogP contribution in [-0.4, -0.2) is 14.8 Å². The highest BCUT2D eigenvalue weighted by atomic mass is 15.3. The Morgan fingerprint density at radius 2 is 1.45 bits per heavy atom. The first-order chi connectivity index (χ1) is 14.2. The molecule has 0 N–H and O–H groups in total. The van der Waals surface area contributed by atoms with Gasteiger partial charge in [-0.25, -0.2) is 0 Å². The van der Waals surface area contributed by atoms with E-state index in [4.69, 9.17) is 10.2 Å². The van der Waals surface area contributed by atoms with Gasteiger partial charge in [-0.15, -0.1) is 10.2 Å². The van der Waals surface area contributed by atoms with Crippen molar-refractivity contribution in [3.63, 3.8) is 0 Å². The van der Waals surface area contributed by atoms with Gasteiger partial charge in [-0.2, -0.15) is 0 Å². The number of hydrogen-bond donors (Lipinski definition) is 0. The van der Waals surface area contributed by atoms with Crippen LogP contribution in [0.4, 0.5) is 0 Å². The standard InChI is InChI=1S/C26H29N3/c1-18-7-9-23(10-8-18)24-27-28-25(29(24)17-19-5-3-2-4-6-19)26-14-20-11-21(15-26)13-22(12-20)16-26/h2-10,20-22H,11-17H2,1H3. The maximum Gasteiger partial charge on any atom is 0.164 e. The molecule has 3 heteroatoms. The molecular formula is C26H29N3. The molecule has 7 rings (SSSR count). The molecule has 2 aromatic carbocycles. The van der Waals surface area contributed by atoms with Gasteiger partial charge in [0.15, 0.2) is 5.82 Å². The summed E-state index contributed by atoms with van der Waals surface area (Å²) in [7, 11) is 0. The van der Waals surface area contributed by atoms with Crippen LogP contribution in [0.15, 0.2) is 54.6 Å². The van der Waals surface area contributed by atoms with Crippen LogP contribution in [0.25, 0.3) is 11.4 Å². The van der Waals surface area contributed by atoms with Crippen LogP contribution in [0.1, 0.15) is 55.5 Å². The van der Waals surface area contributed by atoms with Crippen molar-refractivity contribution >= 4 is 0 Å². The fourth-order valence-electron chi connectivity index (χ4n) is 6.91. The summed E-state index contributed by atoms with van der Waals surface area (Å²) in [6.45, 7) is 2.99. The summed E-state index contributed by atoms with van der Waals surface area (Å²) in [4.78, 5) is 0. The Morgan fingerprint density at radius 3 is 2.07 bits per heavy atom. The van der Waals surface area contributed by atoms with E-state index in [1.807, 2.05) is 0 Å². The molecule has 0 aliphatic heterocycles. The van der Waals surface area contributed by atoms with E-state index < -0.39 is 0 Å². The zero-order valence-corrected chi connectivity index (χ0v) is 17.2. The molecule has 0 saturated heterocycles. The summed E-state index contributed by atoms with van der Waals surface area (Å²) in [5.41, 5.74) is 4.03. The van der Waals surface area contributed by atoms with Gasteiger partial charge in [0, 0.05) is 11.0 Å². The zero-order chi connectivity index (χ0) is 19.4. The molecule has 4 fully saturated rings. The van der Waals surface area contributed by atoms with Gasteiger partial charge in [0.25, 0.3) is 0 Å². The van der Waals surface area contributed by atoms with Gasteiger partial charge in [0.2, 0.25) is 0 Å². The SMILES string of the molecule is Cc1ccc(-c2nnc(C34CC5CC(CC(C5)C3)C4)n2Cc2ccccc2)cc1. The van der Waals surface area contributed by atoms with E-state index in [0.717, 1.165) is 30.1 Å². The normalized spacial score (nSPS) is 30.0. The van der Waals surface area contributed by atoms with Crippen molar-refractivity contribution in [1.82, 2.24) is 14.8 Å². The maximum atomic E-state index is 4.91. The summed E-state index contributed by atoms with van der Waals surface area (Å²) in [6, 6.07) is 19.6. The van der Waals surface area contributed by atoms with Crippen LogP contribution >= 0.6 is 0 Å². The van der Waals surface area contributed by atoms with Gasteiger partial charge in [0.1, 0.15) is 5.82 Å². The van der Waals surface area contributed by atoms with Crippen LogP contribution in [0, 0.1) is 24.7 Å². The monoisotopic (exact) mass is 383 g/mol. The molecule has 1 heterocycles. The van der Waals surface area contributed by atoms with Crippen molar-refractivity contribution in [3.8, 4) is 11.4 Å². The Bertz CT molecular complexity index is 981. The number of benzene rings is 2. The quantitative estimate of drug-likeness (QED) is 0.572. The third kappa shape index (κ3) is 2.94. The highest BCUT2D eigenvalue weighted by Gasteiger charge is 2.54. The van der Waals surface area contributed by atoms with Gasteiger partial charge >= 0.3 is 0 Å². The first-order valence-electron chi connectivity index (χ1n) is 11.2.